The number of carbonyl (C=O) groups excluding carboxylic acids is 1. The standard InChI is InChI=1S/C18H24N2O/c1-14(18(21)19-11-12-20(2)3)13-16-9-6-8-15-7-4-5-10-17(15)16/h4-10,14H,11-13H2,1-3H3,(H,19,21). The van der Waals surface area contributed by atoms with Crippen LogP contribution in [-0.4, -0.2) is 38.0 Å². The minimum Gasteiger partial charge on any atom is -0.355 e. The lowest BCUT2D eigenvalue weighted by Gasteiger charge is -2.15. The zero-order valence-electron chi connectivity index (χ0n) is 13.1. The number of benzene rings is 2. The van der Waals surface area contributed by atoms with Gasteiger partial charge in [0.05, 0.1) is 0 Å². The molecule has 2 rings (SSSR count). The van der Waals surface area contributed by atoms with Crippen molar-refractivity contribution in [2.75, 3.05) is 27.2 Å². The average Bonchev–Trinajstić information content (AvgIpc) is 2.47. The summed E-state index contributed by atoms with van der Waals surface area (Å²) in [6.45, 7) is 3.56. The van der Waals surface area contributed by atoms with Crippen molar-refractivity contribution in [2.24, 2.45) is 5.92 Å². The summed E-state index contributed by atoms with van der Waals surface area (Å²) in [5, 5.41) is 5.48. The molecule has 0 spiro atoms. The van der Waals surface area contributed by atoms with Gasteiger partial charge in [-0.05, 0) is 36.9 Å². The lowest BCUT2D eigenvalue weighted by Crippen LogP contribution is -2.35. The fraction of sp³-hybridized carbons (Fsp3) is 0.389. The van der Waals surface area contributed by atoms with Crippen LogP contribution in [0, 0.1) is 5.92 Å². The fourth-order valence-corrected chi connectivity index (χ4v) is 2.47. The van der Waals surface area contributed by atoms with Crippen molar-refractivity contribution in [1.82, 2.24) is 10.2 Å². The van der Waals surface area contributed by atoms with Crippen LogP contribution in [0.15, 0.2) is 42.5 Å². The van der Waals surface area contributed by atoms with E-state index >= 15 is 0 Å². The van der Waals surface area contributed by atoms with Gasteiger partial charge in [0.15, 0.2) is 0 Å². The molecule has 0 aliphatic rings. The molecule has 0 bridgehead atoms. The predicted octanol–water partition coefficient (Wildman–Crippen LogP) is 2.70. The Bertz CT molecular complexity index is 602. The van der Waals surface area contributed by atoms with E-state index in [-0.39, 0.29) is 11.8 Å². The van der Waals surface area contributed by atoms with Crippen molar-refractivity contribution in [1.29, 1.82) is 0 Å². The average molecular weight is 284 g/mol. The maximum absolute atomic E-state index is 12.1. The van der Waals surface area contributed by atoms with Gasteiger partial charge in [-0.15, -0.1) is 0 Å². The summed E-state index contributed by atoms with van der Waals surface area (Å²) in [6, 6.07) is 14.6. The first-order valence-electron chi connectivity index (χ1n) is 7.47. The van der Waals surface area contributed by atoms with E-state index in [1.54, 1.807) is 0 Å². The molecule has 3 nitrogen and oxygen atoms in total. The molecule has 1 amide bonds. The van der Waals surface area contributed by atoms with Crippen LogP contribution in [0.25, 0.3) is 10.8 Å². The van der Waals surface area contributed by atoms with Gasteiger partial charge in [-0.3, -0.25) is 4.79 Å². The van der Waals surface area contributed by atoms with E-state index in [4.69, 9.17) is 0 Å². The van der Waals surface area contributed by atoms with Crippen molar-refractivity contribution in [3.05, 3.63) is 48.0 Å². The smallest absolute Gasteiger partial charge is 0.223 e. The number of fused-ring (bicyclic) bond motifs is 1. The van der Waals surface area contributed by atoms with Gasteiger partial charge in [0, 0.05) is 19.0 Å². The monoisotopic (exact) mass is 284 g/mol. The quantitative estimate of drug-likeness (QED) is 0.884. The first kappa shape index (κ1) is 15.5. The molecule has 21 heavy (non-hydrogen) atoms. The van der Waals surface area contributed by atoms with Crippen LogP contribution < -0.4 is 5.32 Å². The molecule has 1 atom stereocenters. The summed E-state index contributed by atoms with van der Waals surface area (Å²) >= 11 is 0. The zero-order chi connectivity index (χ0) is 15.2. The largest absolute Gasteiger partial charge is 0.355 e. The van der Waals surface area contributed by atoms with Crippen LogP contribution >= 0.6 is 0 Å². The number of hydrogen-bond donors (Lipinski definition) is 1. The highest BCUT2D eigenvalue weighted by atomic mass is 16.1. The zero-order valence-corrected chi connectivity index (χ0v) is 13.1. The molecule has 2 aromatic carbocycles. The van der Waals surface area contributed by atoms with E-state index in [1.165, 1.54) is 16.3 Å². The number of likely N-dealkylation sites (N-methyl/N-ethyl adjacent to an activating group) is 1. The fourth-order valence-electron chi connectivity index (χ4n) is 2.47. The summed E-state index contributed by atoms with van der Waals surface area (Å²) in [4.78, 5) is 14.2. The van der Waals surface area contributed by atoms with Gasteiger partial charge < -0.3 is 10.2 Å². The molecule has 2 aromatic rings. The second kappa shape index (κ2) is 7.23. The number of rotatable bonds is 6. The van der Waals surface area contributed by atoms with Crippen LogP contribution in [-0.2, 0) is 11.2 Å². The molecule has 0 fully saturated rings. The summed E-state index contributed by atoms with van der Waals surface area (Å²) < 4.78 is 0. The SMILES string of the molecule is CC(Cc1cccc2ccccc12)C(=O)NCCN(C)C. The maximum atomic E-state index is 12.1. The van der Waals surface area contributed by atoms with E-state index in [9.17, 15) is 4.79 Å². The van der Waals surface area contributed by atoms with Crippen LogP contribution in [0.2, 0.25) is 0 Å². The normalized spacial score (nSPS) is 12.6. The maximum Gasteiger partial charge on any atom is 0.223 e. The minimum atomic E-state index is -0.0158. The lowest BCUT2D eigenvalue weighted by molar-refractivity contribution is -0.124. The third kappa shape index (κ3) is 4.30. The minimum absolute atomic E-state index is 0.0158. The molecule has 0 heterocycles. The third-order valence-corrected chi connectivity index (χ3v) is 3.71. The Hall–Kier alpha value is -1.87. The van der Waals surface area contributed by atoms with Gasteiger partial charge >= 0.3 is 0 Å². The summed E-state index contributed by atoms with van der Waals surface area (Å²) in [5.74, 6) is 0.114. The van der Waals surface area contributed by atoms with Crippen LogP contribution in [0.3, 0.4) is 0 Å². The molecule has 0 saturated heterocycles. The Kier molecular flexibility index (Phi) is 5.34. The molecule has 0 saturated carbocycles. The lowest BCUT2D eigenvalue weighted by atomic mass is 9.95. The van der Waals surface area contributed by atoms with Gasteiger partial charge in [0.2, 0.25) is 5.91 Å². The van der Waals surface area contributed by atoms with E-state index in [0.29, 0.717) is 6.54 Å². The molecule has 0 radical (unpaired) electrons. The second-order valence-corrected chi connectivity index (χ2v) is 5.84. The summed E-state index contributed by atoms with van der Waals surface area (Å²) in [5.41, 5.74) is 1.24. The van der Waals surface area contributed by atoms with Crippen molar-refractivity contribution in [2.45, 2.75) is 13.3 Å². The third-order valence-electron chi connectivity index (χ3n) is 3.71. The predicted molar refractivity (Wildman–Crippen MR) is 88.4 cm³/mol. The number of nitrogens with zero attached hydrogens (tertiary/aromatic N) is 1. The Labute approximate surface area is 127 Å². The summed E-state index contributed by atoms with van der Waals surface area (Å²) in [7, 11) is 4.01. The Morgan fingerprint density at radius 3 is 2.62 bits per heavy atom. The molecule has 0 aliphatic heterocycles. The van der Waals surface area contributed by atoms with Crippen molar-refractivity contribution >= 4 is 16.7 Å². The molecule has 1 unspecified atom stereocenters. The molecular weight excluding hydrogens is 260 g/mol. The molecule has 0 aromatic heterocycles. The highest BCUT2D eigenvalue weighted by Gasteiger charge is 2.14. The van der Waals surface area contributed by atoms with E-state index in [2.05, 4.69) is 40.5 Å². The topological polar surface area (TPSA) is 32.3 Å². The van der Waals surface area contributed by atoms with E-state index < -0.39 is 0 Å². The number of carbonyl (C=O) groups is 1. The van der Waals surface area contributed by atoms with Crippen LogP contribution in [0.5, 0.6) is 0 Å². The highest BCUT2D eigenvalue weighted by molar-refractivity contribution is 5.86. The molecule has 0 aliphatic carbocycles. The Morgan fingerprint density at radius 2 is 1.86 bits per heavy atom. The molecule has 3 heteroatoms. The van der Waals surface area contributed by atoms with Crippen LogP contribution in [0.4, 0.5) is 0 Å². The summed E-state index contributed by atoms with van der Waals surface area (Å²) in [6.07, 6.45) is 0.773. The van der Waals surface area contributed by atoms with E-state index in [1.807, 2.05) is 33.2 Å². The molecular formula is C18H24N2O. The first-order valence-corrected chi connectivity index (χ1v) is 7.47. The van der Waals surface area contributed by atoms with Gasteiger partial charge in [-0.25, -0.2) is 0 Å². The second-order valence-electron chi connectivity index (χ2n) is 5.84. The van der Waals surface area contributed by atoms with Gasteiger partial charge in [0.25, 0.3) is 0 Å². The number of hydrogen-bond acceptors (Lipinski definition) is 2. The van der Waals surface area contributed by atoms with Gasteiger partial charge in [-0.2, -0.15) is 0 Å². The van der Waals surface area contributed by atoms with Crippen molar-refractivity contribution < 1.29 is 4.79 Å². The van der Waals surface area contributed by atoms with E-state index in [0.717, 1.165) is 13.0 Å². The Morgan fingerprint density at radius 1 is 1.14 bits per heavy atom. The highest BCUT2D eigenvalue weighted by Crippen LogP contribution is 2.21. The van der Waals surface area contributed by atoms with Gasteiger partial charge in [-0.1, -0.05) is 49.4 Å². The molecule has 1 N–H and O–H groups in total. The number of nitrogens with one attached hydrogen (secondary N) is 1. The van der Waals surface area contributed by atoms with Gasteiger partial charge in [0.1, 0.15) is 0 Å². The van der Waals surface area contributed by atoms with Crippen molar-refractivity contribution in [3.63, 3.8) is 0 Å². The molecule has 112 valence electrons. The Balaban J connectivity index is 2.01. The first-order chi connectivity index (χ1) is 10.1. The van der Waals surface area contributed by atoms with Crippen LogP contribution in [0.1, 0.15) is 12.5 Å². The van der Waals surface area contributed by atoms with Crippen molar-refractivity contribution in [3.8, 4) is 0 Å². The number of amides is 1.